The molecule has 2 aromatic heterocycles. The minimum atomic E-state index is -0.399. The van der Waals surface area contributed by atoms with Gasteiger partial charge in [-0.05, 0) is 50.6 Å². The second-order valence-electron chi connectivity index (χ2n) is 6.88. The second kappa shape index (κ2) is 11.0. The molecule has 9 heteroatoms. The Bertz CT molecular complexity index is 1040. The first-order chi connectivity index (χ1) is 15.5. The maximum atomic E-state index is 12.7. The van der Waals surface area contributed by atoms with Crippen molar-refractivity contribution in [1.82, 2.24) is 15.1 Å². The summed E-state index contributed by atoms with van der Waals surface area (Å²) in [7, 11) is 0. The Morgan fingerprint density at radius 1 is 1.09 bits per heavy atom. The minimum Gasteiger partial charge on any atom is -0.490 e. The fourth-order valence-corrected chi connectivity index (χ4v) is 3.09. The standard InChI is InChI=1S/C23H28N4O5/c1-4-27-15-18(22(26-27)23(29)24-14-17-8-7-11-32-17)25-21(28)13-16-9-10-19(30-5-2)20(12-16)31-6-3/h7-12,15H,4-6,13-14H2,1-3H3,(H,24,29)(H,25,28). The van der Waals surface area contributed by atoms with E-state index in [1.807, 2.05) is 26.8 Å². The lowest BCUT2D eigenvalue weighted by Gasteiger charge is -2.12. The number of aromatic nitrogens is 2. The van der Waals surface area contributed by atoms with Crippen molar-refractivity contribution in [3.63, 3.8) is 0 Å². The van der Waals surface area contributed by atoms with E-state index in [1.165, 1.54) is 6.26 Å². The van der Waals surface area contributed by atoms with Crippen LogP contribution in [0, 0.1) is 0 Å². The Labute approximate surface area is 186 Å². The zero-order valence-corrected chi connectivity index (χ0v) is 18.5. The molecule has 3 rings (SSSR count). The molecule has 3 aromatic rings. The van der Waals surface area contributed by atoms with Crippen molar-refractivity contribution < 1.29 is 23.5 Å². The van der Waals surface area contributed by atoms with E-state index < -0.39 is 5.91 Å². The molecule has 0 radical (unpaired) electrons. The number of ether oxygens (including phenoxy) is 2. The summed E-state index contributed by atoms with van der Waals surface area (Å²) < 4.78 is 18.0. The van der Waals surface area contributed by atoms with Gasteiger partial charge in [0.05, 0.1) is 38.1 Å². The van der Waals surface area contributed by atoms with Gasteiger partial charge in [-0.2, -0.15) is 5.10 Å². The molecule has 0 aliphatic carbocycles. The van der Waals surface area contributed by atoms with Gasteiger partial charge >= 0.3 is 0 Å². The van der Waals surface area contributed by atoms with Crippen molar-refractivity contribution in [2.75, 3.05) is 18.5 Å². The average molecular weight is 441 g/mol. The van der Waals surface area contributed by atoms with Crippen LogP contribution in [0.2, 0.25) is 0 Å². The molecule has 9 nitrogen and oxygen atoms in total. The zero-order chi connectivity index (χ0) is 22.9. The van der Waals surface area contributed by atoms with Gasteiger partial charge in [0.2, 0.25) is 5.91 Å². The van der Waals surface area contributed by atoms with Crippen LogP contribution in [0.1, 0.15) is 42.6 Å². The van der Waals surface area contributed by atoms with Crippen LogP contribution in [-0.2, 0) is 24.3 Å². The maximum Gasteiger partial charge on any atom is 0.274 e. The second-order valence-corrected chi connectivity index (χ2v) is 6.88. The number of nitrogens with one attached hydrogen (secondary N) is 2. The summed E-state index contributed by atoms with van der Waals surface area (Å²) in [4.78, 5) is 25.3. The van der Waals surface area contributed by atoms with Crippen molar-refractivity contribution in [2.24, 2.45) is 0 Å². The smallest absolute Gasteiger partial charge is 0.274 e. The highest BCUT2D eigenvalue weighted by Crippen LogP contribution is 2.29. The number of nitrogens with zero attached hydrogens (tertiary/aromatic N) is 2. The molecule has 0 aliphatic heterocycles. The molecule has 0 saturated heterocycles. The van der Waals surface area contributed by atoms with Gasteiger partial charge in [0.25, 0.3) is 5.91 Å². The number of amides is 2. The van der Waals surface area contributed by atoms with E-state index in [-0.39, 0.29) is 24.6 Å². The third kappa shape index (κ3) is 5.90. The Hall–Kier alpha value is -3.75. The summed E-state index contributed by atoms with van der Waals surface area (Å²) >= 11 is 0. The summed E-state index contributed by atoms with van der Waals surface area (Å²) in [5.41, 5.74) is 1.26. The summed E-state index contributed by atoms with van der Waals surface area (Å²) in [5.74, 6) is 1.19. The quantitative estimate of drug-likeness (QED) is 0.473. The van der Waals surface area contributed by atoms with E-state index in [0.717, 1.165) is 5.56 Å². The molecule has 0 aliphatic rings. The Morgan fingerprint density at radius 3 is 2.56 bits per heavy atom. The van der Waals surface area contributed by atoms with E-state index in [9.17, 15) is 9.59 Å². The lowest BCUT2D eigenvalue weighted by Crippen LogP contribution is -2.25. The number of furan rings is 1. The van der Waals surface area contributed by atoms with Gasteiger partial charge < -0.3 is 24.5 Å². The topological polar surface area (TPSA) is 108 Å². The molecule has 0 unspecified atom stereocenters. The predicted molar refractivity (Wildman–Crippen MR) is 119 cm³/mol. The van der Waals surface area contributed by atoms with Gasteiger partial charge in [0.15, 0.2) is 17.2 Å². The molecule has 0 saturated carbocycles. The van der Waals surface area contributed by atoms with Gasteiger partial charge in [-0.3, -0.25) is 14.3 Å². The van der Waals surface area contributed by atoms with Crippen LogP contribution in [0.5, 0.6) is 11.5 Å². The van der Waals surface area contributed by atoms with Crippen molar-refractivity contribution in [3.05, 3.63) is 59.8 Å². The van der Waals surface area contributed by atoms with Crippen molar-refractivity contribution in [2.45, 2.75) is 40.3 Å². The molecule has 2 heterocycles. The average Bonchev–Trinajstić information content (AvgIpc) is 3.44. The van der Waals surface area contributed by atoms with Crippen molar-refractivity contribution in [1.29, 1.82) is 0 Å². The minimum absolute atomic E-state index is 0.108. The summed E-state index contributed by atoms with van der Waals surface area (Å²) in [5, 5.41) is 9.83. The summed E-state index contributed by atoms with van der Waals surface area (Å²) in [6, 6.07) is 8.91. The largest absolute Gasteiger partial charge is 0.490 e. The fourth-order valence-electron chi connectivity index (χ4n) is 3.09. The third-order valence-corrected chi connectivity index (χ3v) is 4.55. The highest BCUT2D eigenvalue weighted by atomic mass is 16.5. The highest BCUT2D eigenvalue weighted by molar-refractivity contribution is 6.02. The van der Waals surface area contributed by atoms with Gasteiger partial charge in [-0.25, -0.2) is 0 Å². The van der Waals surface area contributed by atoms with Crippen LogP contribution in [0.3, 0.4) is 0 Å². The van der Waals surface area contributed by atoms with E-state index >= 15 is 0 Å². The molecule has 0 bridgehead atoms. The van der Waals surface area contributed by atoms with Gasteiger partial charge in [-0.15, -0.1) is 0 Å². The van der Waals surface area contributed by atoms with Crippen LogP contribution in [0.25, 0.3) is 0 Å². The molecular weight excluding hydrogens is 412 g/mol. The third-order valence-electron chi connectivity index (χ3n) is 4.55. The van der Waals surface area contributed by atoms with E-state index in [0.29, 0.717) is 42.7 Å². The number of hydrogen-bond donors (Lipinski definition) is 2. The SMILES string of the molecule is CCOc1ccc(CC(=O)Nc2cn(CC)nc2C(=O)NCc2ccco2)cc1OCC. The van der Waals surface area contributed by atoms with Crippen molar-refractivity contribution in [3.8, 4) is 11.5 Å². The maximum absolute atomic E-state index is 12.7. The van der Waals surface area contributed by atoms with Gasteiger partial charge in [0.1, 0.15) is 5.76 Å². The fraction of sp³-hybridized carbons (Fsp3) is 0.348. The van der Waals surface area contributed by atoms with E-state index in [1.54, 1.807) is 35.1 Å². The summed E-state index contributed by atoms with van der Waals surface area (Å²) in [6.45, 7) is 7.48. The Balaban J connectivity index is 1.69. The predicted octanol–water partition coefficient (Wildman–Crippen LogP) is 3.40. The normalized spacial score (nSPS) is 10.6. The molecular formula is C23H28N4O5. The van der Waals surface area contributed by atoms with E-state index in [2.05, 4.69) is 15.7 Å². The van der Waals surface area contributed by atoms with E-state index in [4.69, 9.17) is 13.9 Å². The first-order valence-electron chi connectivity index (χ1n) is 10.6. The molecule has 2 amide bonds. The van der Waals surface area contributed by atoms with Crippen LogP contribution in [0.4, 0.5) is 5.69 Å². The lowest BCUT2D eigenvalue weighted by molar-refractivity contribution is -0.115. The summed E-state index contributed by atoms with van der Waals surface area (Å²) in [6.07, 6.45) is 3.29. The molecule has 0 atom stereocenters. The number of carbonyl (C=O) groups excluding carboxylic acids is 2. The number of hydrogen-bond acceptors (Lipinski definition) is 6. The number of benzene rings is 1. The van der Waals surface area contributed by atoms with Crippen LogP contribution in [0.15, 0.2) is 47.2 Å². The number of aryl methyl sites for hydroxylation is 1. The molecule has 2 N–H and O–H groups in total. The Kier molecular flexibility index (Phi) is 7.91. The van der Waals surface area contributed by atoms with Gasteiger partial charge in [0, 0.05) is 12.7 Å². The van der Waals surface area contributed by atoms with Crippen LogP contribution in [-0.4, -0.2) is 34.8 Å². The molecule has 170 valence electrons. The number of carbonyl (C=O) groups is 2. The van der Waals surface area contributed by atoms with Crippen LogP contribution < -0.4 is 20.1 Å². The molecule has 32 heavy (non-hydrogen) atoms. The molecule has 0 spiro atoms. The van der Waals surface area contributed by atoms with Crippen LogP contribution >= 0.6 is 0 Å². The monoisotopic (exact) mass is 440 g/mol. The first-order valence-corrected chi connectivity index (χ1v) is 10.6. The lowest BCUT2D eigenvalue weighted by atomic mass is 10.1. The first kappa shape index (κ1) is 22.9. The molecule has 0 fully saturated rings. The number of anilines is 1. The van der Waals surface area contributed by atoms with Crippen molar-refractivity contribution >= 4 is 17.5 Å². The number of rotatable bonds is 11. The zero-order valence-electron chi connectivity index (χ0n) is 18.5. The van der Waals surface area contributed by atoms with Gasteiger partial charge in [-0.1, -0.05) is 6.07 Å². The Morgan fingerprint density at radius 2 is 1.88 bits per heavy atom. The molecule has 1 aromatic carbocycles. The highest BCUT2D eigenvalue weighted by Gasteiger charge is 2.19.